The standard InChI is InChI=1S/C29H40O7/c1-15-27(11-10-24(3,4)36-27)32-14-26-21(31)13-20-19(29(26)23(35-29)22-28(15,26)34-22)7-6-17-12-18(33-16(2)30)8-9-25(17,20)5/h15,17-20,22-23H,6-14H2,1-5H3/t15-,17+,18+,19-,20+,22-,23-,25+,26-,27+,28-,29-/m1/s1. The summed E-state index contributed by atoms with van der Waals surface area (Å²) < 4.78 is 32.2. The molecule has 0 aromatic heterocycles. The van der Waals surface area contributed by atoms with Gasteiger partial charge in [0.15, 0.2) is 5.79 Å². The van der Waals surface area contributed by atoms with Crippen molar-refractivity contribution in [1.29, 1.82) is 0 Å². The van der Waals surface area contributed by atoms with E-state index in [1.807, 2.05) is 0 Å². The maximum absolute atomic E-state index is 14.5. The topological polar surface area (TPSA) is 86.9 Å². The molecule has 4 aliphatic heterocycles. The van der Waals surface area contributed by atoms with Crippen molar-refractivity contribution >= 4 is 11.8 Å². The molecule has 0 radical (unpaired) electrons. The zero-order valence-electron chi connectivity index (χ0n) is 22.3. The highest BCUT2D eigenvalue weighted by Gasteiger charge is 3.01. The van der Waals surface area contributed by atoms with Crippen LogP contribution in [0.1, 0.15) is 86.0 Å². The van der Waals surface area contributed by atoms with Gasteiger partial charge in [-0.2, -0.15) is 0 Å². The Hall–Kier alpha value is -1.02. The Labute approximate surface area is 213 Å². The second-order valence-electron chi connectivity index (χ2n) is 14.4. The van der Waals surface area contributed by atoms with Crippen LogP contribution < -0.4 is 0 Å². The molecule has 0 unspecified atom stereocenters. The molecule has 8 aliphatic rings. The van der Waals surface area contributed by atoms with Crippen molar-refractivity contribution in [3.8, 4) is 0 Å². The van der Waals surface area contributed by atoms with Gasteiger partial charge in [-0.15, -0.1) is 0 Å². The van der Waals surface area contributed by atoms with E-state index in [1.165, 1.54) is 6.92 Å². The van der Waals surface area contributed by atoms with E-state index < -0.39 is 22.4 Å². The first-order chi connectivity index (χ1) is 17.0. The monoisotopic (exact) mass is 500 g/mol. The Balaban J connectivity index is 1.14. The van der Waals surface area contributed by atoms with E-state index in [2.05, 4.69) is 27.7 Å². The SMILES string of the molecule is CC(=O)O[C@H]1CC[C@@]2(C)[C@@H](CC[C@@H]3[C@@H]2CC(=O)[C@]24CO[C@]5(CCC(C)(C)O5)[C@@H](C)[C@]25O[C@@H]5[C@H]2O[C@]324)C1. The second-order valence-corrected chi connectivity index (χ2v) is 14.4. The second kappa shape index (κ2) is 6.40. The normalized spacial score (nSPS) is 61.2. The van der Waals surface area contributed by atoms with Gasteiger partial charge >= 0.3 is 5.97 Å². The van der Waals surface area contributed by atoms with Crippen LogP contribution in [0.4, 0.5) is 0 Å². The molecule has 4 aliphatic carbocycles. The summed E-state index contributed by atoms with van der Waals surface area (Å²) in [5, 5.41) is 0. The number of carbonyl (C=O) groups excluding carboxylic acids is 2. The smallest absolute Gasteiger partial charge is 0.302 e. The predicted octanol–water partition coefficient (Wildman–Crippen LogP) is 3.95. The van der Waals surface area contributed by atoms with Gasteiger partial charge in [0.25, 0.3) is 0 Å². The van der Waals surface area contributed by atoms with Crippen LogP contribution in [0.15, 0.2) is 0 Å². The van der Waals surface area contributed by atoms with Gasteiger partial charge in [-0.3, -0.25) is 9.59 Å². The molecule has 7 heteroatoms. The molecule has 36 heavy (non-hydrogen) atoms. The summed E-state index contributed by atoms with van der Waals surface area (Å²) in [4.78, 5) is 26.1. The van der Waals surface area contributed by atoms with E-state index in [0.717, 1.165) is 44.9 Å². The van der Waals surface area contributed by atoms with Gasteiger partial charge in [-0.1, -0.05) is 13.8 Å². The van der Waals surface area contributed by atoms with Crippen LogP contribution in [0.2, 0.25) is 0 Å². The molecule has 4 spiro atoms. The van der Waals surface area contributed by atoms with Crippen molar-refractivity contribution in [2.45, 2.75) is 127 Å². The molecule has 8 rings (SSSR count). The third-order valence-corrected chi connectivity index (χ3v) is 12.8. The van der Waals surface area contributed by atoms with Gasteiger partial charge in [-0.05, 0) is 75.5 Å². The van der Waals surface area contributed by atoms with Gasteiger partial charge in [0.05, 0.1) is 12.2 Å². The first-order valence-electron chi connectivity index (χ1n) is 14.4. The molecule has 4 heterocycles. The van der Waals surface area contributed by atoms with Crippen molar-refractivity contribution in [3.05, 3.63) is 0 Å². The number of Topliss-reactive ketones (excluding diaryl/α,β-unsaturated/α-hetero) is 1. The van der Waals surface area contributed by atoms with Crippen LogP contribution in [-0.2, 0) is 33.3 Å². The molecule has 0 aromatic carbocycles. The van der Waals surface area contributed by atoms with Crippen molar-refractivity contribution < 1.29 is 33.3 Å². The number of rotatable bonds is 1. The Morgan fingerprint density at radius 1 is 0.972 bits per heavy atom. The summed E-state index contributed by atoms with van der Waals surface area (Å²) in [5.41, 5.74) is -1.82. The zero-order valence-corrected chi connectivity index (χ0v) is 22.3. The van der Waals surface area contributed by atoms with E-state index in [-0.39, 0.29) is 41.2 Å². The quantitative estimate of drug-likeness (QED) is 0.398. The number of epoxide rings is 2. The van der Waals surface area contributed by atoms with Crippen molar-refractivity contribution in [3.63, 3.8) is 0 Å². The molecule has 12 atom stereocenters. The lowest BCUT2D eigenvalue weighted by molar-refractivity contribution is -0.332. The van der Waals surface area contributed by atoms with Gasteiger partial charge < -0.3 is 23.7 Å². The number of ketones is 1. The molecule has 4 saturated carbocycles. The number of fused-ring (bicyclic) bond motifs is 4. The zero-order chi connectivity index (χ0) is 25.1. The van der Waals surface area contributed by atoms with Crippen molar-refractivity contribution in [1.82, 2.24) is 0 Å². The van der Waals surface area contributed by atoms with E-state index in [0.29, 0.717) is 36.6 Å². The van der Waals surface area contributed by atoms with E-state index in [1.54, 1.807) is 0 Å². The van der Waals surface area contributed by atoms with Crippen molar-refractivity contribution in [2.75, 3.05) is 6.61 Å². The molecule has 0 N–H and O–H groups in total. The van der Waals surface area contributed by atoms with Gasteiger partial charge in [0.2, 0.25) is 0 Å². The predicted molar refractivity (Wildman–Crippen MR) is 127 cm³/mol. The number of hydrogen-bond acceptors (Lipinski definition) is 7. The number of esters is 1. The minimum Gasteiger partial charge on any atom is -0.463 e. The van der Waals surface area contributed by atoms with Crippen molar-refractivity contribution in [2.24, 2.45) is 34.5 Å². The lowest BCUT2D eigenvalue weighted by Gasteiger charge is -2.63. The van der Waals surface area contributed by atoms with Crippen LogP contribution in [0.25, 0.3) is 0 Å². The summed E-state index contributed by atoms with van der Waals surface area (Å²) in [5.74, 6) is 0.574. The summed E-state index contributed by atoms with van der Waals surface area (Å²) in [7, 11) is 0. The summed E-state index contributed by atoms with van der Waals surface area (Å²) >= 11 is 0. The summed E-state index contributed by atoms with van der Waals surface area (Å²) in [6.45, 7) is 10.7. The maximum atomic E-state index is 14.5. The molecule has 0 amide bonds. The Bertz CT molecular complexity index is 1070. The third kappa shape index (κ3) is 2.27. The lowest BCUT2D eigenvalue weighted by atomic mass is 9.42. The fraction of sp³-hybridized carbons (Fsp3) is 0.931. The van der Waals surface area contributed by atoms with Gasteiger partial charge in [-0.25, -0.2) is 0 Å². The Morgan fingerprint density at radius 2 is 1.72 bits per heavy atom. The van der Waals surface area contributed by atoms with Gasteiger partial charge in [0, 0.05) is 25.7 Å². The molecule has 4 saturated heterocycles. The highest BCUT2D eigenvalue weighted by Crippen LogP contribution is 2.85. The Morgan fingerprint density at radius 3 is 2.44 bits per heavy atom. The molecule has 198 valence electrons. The van der Waals surface area contributed by atoms with Crippen LogP contribution in [0.3, 0.4) is 0 Å². The highest BCUT2D eigenvalue weighted by atomic mass is 16.7. The Kier molecular flexibility index (Phi) is 4.08. The molecule has 8 fully saturated rings. The fourth-order valence-electron chi connectivity index (χ4n) is 11.1. The summed E-state index contributed by atoms with van der Waals surface area (Å²) in [6.07, 6.45) is 7.35. The molecule has 7 nitrogen and oxygen atoms in total. The van der Waals surface area contributed by atoms with E-state index in [4.69, 9.17) is 23.7 Å². The number of carbonyl (C=O) groups is 2. The lowest BCUT2D eigenvalue weighted by Crippen LogP contribution is -2.73. The summed E-state index contributed by atoms with van der Waals surface area (Å²) in [6, 6.07) is 0. The van der Waals surface area contributed by atoms with Gasteiger partial charge in [0.1, 0.15) is 40.7 Å². The largest absolute Gasteiger partial charge is 0.463 e. The van der Waals surface area contributed by atoms with E-state index in [9.17, 15) is 9.59 Å². The first-order valence-corrected chi connectivity index (χ1v) is 14.4. The minimum absolute atomic E-state index is 0.00222. The minimum atomic E-state index is -0.713. The first kappa shape index (κ1) is 22.9. The van der Waals surface area contributed by atoms with Crippen LogP contribution >= 0.6 is 0 Å². The average molecular weight is 501 g/mol. The number of hydrogen-bond donors (Lipinski definition) is 0. The van der Waals surface area contributed by atoms with Crippen LogP contribution in [-0.4, -0.2) is 59.3 Å². The highest BCUT2D eigenvalue weighted by molar-refractivity contribution is 5.93. The molecule has 0 bridgehead atoms. The van der Waals surface area contributed by atoms with Crippen LogP contribution in [0.5, 0.6) is 0 Å². The van der Waals surface area contributed by atoms with Crippen LogP contribution in [0, 0.1) is 34.5 Å². The molecular weight excluding hydrogens is 460 g/mol. The number of ether oxygens (including phenoxy) is 5. The van der Waals surface area contributed by atoms with E-state index >= 15 is 0 Å². The fourth-order valence-corrected chi connectivity index (χ4v) is 11.1. The molecule has 0 aromatic rings. The average Bonchev–Trinajstić information content (AvgIpc) is 3.68. The third-order valence-electron chi connectivity index (χ3n) is 12.8. The molecular formula is C29H40O7. The maximum Gasteiger partial charge on any atom is 0.302 e.